The molecule has 138 valence electrons. The zero-order chi connectivity index (χ0) is 19.4. The van der Waals surface area contributed by atoms with Crippen molar-refractivity contribution in [2.24, 2.45) is 0 Å². The number of benzene rings is 2. The molecule has 27 heavy (non-hydrogen) atoms. The molecule has 1 heterocycles. The molecule has 5 nitrogen and oxygen atoms in total. The maximum atomic E-state index is 13.1. The first-order valence-corrected chi connectivity index (χ1v) is 9.12. The minimum atomic E-state index is -0.304. The molecule has 0 aliphatic rings. The van der Waals surface area contributed by atoms with Crippen LogP contribution in [0.3, 0.4) is 0 Å². The van der Waals surface area contributed by atoms with E-state index in [4.69, 9.17) is 0 Å². The van der Waals surface area contributed by atoms with E-state index in [1.54, 1.807) is 36.4 Å². The predicted molar refractivity (Wildman–Crippen MR) is 104 cm³/mol. The quantitative estimate of drug-likeness (QED) is 0.695. The van der Waals surface area contributed by atoms with Crippen LogP contribution < -0.4 is 10.6 Å². The fourth-order valence-corrected chi connectivity index (χ4v) is 3.33. The van der Waals surface area contributed by atoms with Gasteiger partial charge in [-0.2, -0.15) is 0 Å². The monoisotopic (exact) mass is 383 g/mol. The van der Waals surface area contributed by atoms with Gasteiger partial charge in [0.15, 0.2) is 5.13 Å². The summed E-state index contributed by atoms with van der Waals surface area (Å²) in [6.45, 7) is 3.78. The molecule has 0 atom stereocenters. The molecular weight excluding hydrogens is 365 g/mol. The second kappa shape index (κ2) is 8.09. The van der Waals surface area contributed by atoms with E-state index in [2.05, 4.69) is 15.6 Å². The molecule has 1 aromatic heterocycles. The highest BCUT2D eigenvalue weighted by atomic mass is 32.1. The molecule has 0 bridgehead atoms. The van der Waals surface area contributed by atoms with Crippen LogP contribution in [0.15, 0.2) is 48.5 Å². The second-order valence-electron chi connectivity index (χ2n) is 5.99. The summed E-state index contributed by atoms with van der Waals surface area (Å²) in [6, 6.07) is 13.1. The number of carbonyl (C=O) groups is 2. The van der Waals surface area contributed by atoms with Crippen LogP contribution in [0.4, 0.5) is 9.52 Å². The zero-order valence-electron chi connectivity index (χ0n) is 14.9. The summed E-state index contributed by atoms with van der Waals surface area (Å²) in [5.74, 6) is -0.671. The Kier molecular flexibility index (Phi) is 5.61. The third kappa shape index (κ3) is 4.77. The molecule has 0 spiro atoms. The Bertz CT molecular complexity index is 966. The third-order valence-corrected chi connectivity index (χ3v) is 4.78. The van der Waals surface area contributed by atoms with E-state index < -0.39 is 0 Å². The lowest BCUT2D eigenvalue weighted by atomic mass is 10.1. The van der Waals surface area contributed by atoms with Crippen LogP contribution in [0.2, 0.25) is 0 Å². The normalized spacial score (nSPS) is 10.5. The number of amides is 2. The van der Waals surface area contributed by atoms with Gasteiger partial charge in [-0.1, -0.05) is 12.1 Å². The van der Waals surface area contributed by atoms with Gasteiger partial charge in [0.25, 0.3) is 5.91 Å². The minimum Gasteiger partial charge on any atom is -0.352 e. The Morgan fingerprint density at radius 2 is 1.74 bits per heavy atom. The highest BCUT2D eigenvalue weighted by Crippen LogP contribution is 2.30. The van der Waals surface area contributed by atoms with E-state index in [1.165, 1.54) is 30.4 Å². The summed E-state index contributed by atoms with van der Waals surface area (Å²) in [7, 11) is 0. The third-order valence-electron chi connectivity index (χ3n) is 3.89. The first kappa shape index (κ1) is 18.7. The number of aryl methyl sites for hydroxylation is 1. The number of hydrogen-bond donors (Lipinski definition) is 2. The number of hydrogen-bond acceptors (Lipinski definition) is 4. The molecule has 2 N–H and O–H groups in total. The molecular formula is C20H18FN3O2S. The molecule has 0 aliphatic heterocycles. The first-order valence-electron chi connectivity index (χ1n) is 8.30. The molecule has 0 aliphatic carbocycles. The lowest BCUT2D eigenvalue weighted by molar-refractivity contribution is -0.119. The maximum absolute atomic E-state index is 13.1. The summed E-state index contributed by atoms with van der Waals surface area (Å²) in [4.78, 5) is 28.8. The Hall–Kier alpha value is -3.06. The first-order chi connectivity index (χ1) is 12.9. The molecule has 3 rings (SSSR count). The fourth-order valence-electron chi connectivity index (χ4n) is 2.50. The summed E-state index contributed by atoms with van der Waals surface area (Å²) < 4.78 is 13.1. The Morgan fingerprint density at radius 3 is 2.37 bits per heavy atom. The average molecular weight is 383 g/mol. The number of nitrogens with zero attached hydrogens (tertiary/aromatic N) is 1. The van der Waals surface area contributed by atoms with Crippen LogP contribution in [-0.4, -0.2) is 16.8 Å². The molecule has 0 saturated heterocycles. The van der Waals surface area contributed by atoms with Crippen LogP contribution in [0, 0.1) is 12.7 Å². The number of anilines is 1. The van der Waals surface area contributed by atoms with Crippen molar-refractivity contribution < 1.29 is 14.0 Å². The Morgan fingerprint density at radius 1 is 1.07 bits per heavy atom. The van der Waals surface area contributed by atoms with Gasteiger partial charge in [-0.15, -0.1) is 11.3 Å². The van der Waals surface area contributed by atoms with Crippen LogP contribution in [0.1, 0.15) is 27.7 Å². The summed E-state index contributed by atoms with van der Waals surface area (Å²) in [5, 5.41) is 5.99. The van der Waals surface area contributed by atoms with Gasteiger partial charge in [0, 0.05) is 29.5 Å². The average Bonchev–Trinajstić information content (AvgIpc) is 3.01. The zero-order valence-corrected chi connectivity index (χ0v) is 15.7. The van der Waals surface area contributed by atoms with Crippen LogP contribution in [0.25, 0.3) is 11.3 Å². The van der Waals surface area contributed by atoms with E-state index in [-0.39, 0.29) is 17.6 Å². The Labute approximate surface area is 160 Å². The van der Waals surface area contributed by atoms with Crippen molar-refractivity contribution in [3.63, 3.8) is 0 Å². The molecule has 0 unspecified atom stereocenters. The van der Waals surface area contributed by atoms with Crippen molar-refractivity contribution in [1.29, 1.82) is 0 Å². The van der Waals surface area contributed by atoms with Crippen molar-refractivity contribution in [2.45, 2.75) is 20.4 Å². The molecule has 7 heteroatoms. The van der Waals surface area contributed by atoms with E-state index in [9.17, 15) is 14.0 Å². The minimum absolute atomic E-state index is 0.104. The van der Waals surface area contributed by atoms with Gasteiger partial charge < -0.3 is 5.32 Å². The van der Waals surface area contributed by atoms with E-state index in [0.717, 1.165) is 21.7 Å². The number of carbonyl (C=O) groups excluding carboxylic acids is 2. The molecule has 0 fully saturated rings. The van der Waals surface area contributed by atoms with E-state index in [1.807, 2.05) is 6.92 Å². The number of halogens is 1. The van der Waals surface area contributed by atoms with Gasteiger partial charge in [-0.25, -0.2) is 9.37 Å². The molecule has 0 radical (unpaired) electrons. The lowest BCUT2D eigenvalue weighted by Gasteiger charge is -2.05. The van der Waals surface area contributed by atoms with Gasteiger partial charge in [0.1, 0.15) is 5.82 Å². The standard InChI is InChI=1S/C20H18FN3O2S/c1-12-18(15-7-9-17(21)10-8-15)23-20(27-12)24-19(26)16-5-3-14(4-6-16)11-22-13(2)25/h3-10H,11H2,1-2H3,(H,22,25)(H,23,24,26). The number of rotatable bonds is 5. The van der Waals surface area contributed by atoms with Crippen molar-refractivity contribution in [2.75, 3.05) is 5.32 Å². The largest absolute Gasteiger partial charge is 0.352 e. The summed E-state index contributed by atoms with van der Waals surface area (Å²) >= 11 is 1.37. The fraction of sp³-hybridized carbons (Fsp3) is 0.150. The van der Waals surface area contributed by atoms with Crippen molar-refractivity contribution in [1.82, 2.24) is 10.3 Å². The van der Waals surface area contributed by atoms with Gasteiger partial charge in [0.05, 0.1) is 5.69 Å². The van der Waals surface area contributed by atoms with E-state index >= 15 is 0 Å². The maximum Gasteiger partial charge on any atom is 0.257 e. The van der Waals surface area contributed by atoms with Gasteiger partial charge in [-0.05, 0) is 48.9 Å². The molecule has 2 amide bonds. The van der Waals surface area contributed by atoms with Gasteiger partial charge >= 0.3 is 0 Å². The van der Waals surface area contributed by atoms with E-state index in [0.29, 0.717) is 17.2 Å². The summed E-state index contributed by atoms with van der Waals surface area (Å²) in [5.41, 5.74) is 2.93. The SMILES string of the molecule is CC(=O)NCc1ccc(C(=O)Nc2nc(-c3ccc(F)cc3)c(C)s2)cc1. The second-order valence-corrected chi connectivity index (χ2v) is 7.19. The van der Waals surface area contributed by atoms with Crippen molar-refractivity contribution in [3.8, 4) is 11.3 Å². The number of thiazole rings is 1. The predicted octanol–water partition coefficient (Wildman–Crippen LogP) is 4.15. The number of aromatic nitrogens is 1. The molecule has 0 saturated carbocycles. The van der Waals surface area contributed by atoms with Crippen LogP contribution in [0.5, 0.6) is 0 Å². The van der Waals surface area contributed by atoms with Gasteiger partial charge in [-0.3, -0.25) is 14.9 Å². The van der Waals surface area contributed by atoms with Crippen molar-refractivity contribution in [3.05, 3.63) is 70.4 Å². The molecule has 2 aromatic carbocycles. The highest BCUT2D eigenvalue weighted by Gasteiger charge is 2.13. The lowest BCUT2D eigenvalue weighted by Crippen LogP contribution is -2.19. The summed E-state index contributed by atoms with van der Waals surface area (Å²) in [6.07, 6.45) is 0. The van der Waals surface area contributed by atoms with Gasteiger partial charge in [0.2, 0.25) is 5.91 Å². The smallest absolute Gasteiger partial charge is 0.257 e. The topological polar surface area (TPSA) is 71.1 Å². The highest BCUT2D eigenvalue weighted by molar-refractivity contribution is 7.16. The molecule has 3 aromatic rings. The van der Waals surface area contributed by atoms with Crippen LogP contribution in [-0.2, 0) is 11.3 Å². The van der Waals surface area contributed by atoms with Crippen molar-refractivity contribution >= 4 is 28.3 Å². The van der Waals surface area contributed by atoms with Crippen LogP contribution >= 0.6 is 11.3 Å². The Balaban J connectivity index is 1.70. The number of nitrogens with one attached hydrogen (secondary N) is 2.